The molecule has 1 atom stereocenters. The zero-order chi connectivity index (χ0) is 22.9. The van der Waals surface area contributed by atoms with Crippen molar-refractivity contribution in [2.24, 2.45) is 0 Å². The van der Waals surface area contributed by atoms with E-state index in [-0.39, 0.29) is 18.3 Å². The molecule has 9 heteroatoms. The molecule has 0 spiro atoms. The molecule has 1 unspecified atom stereocenters. The van der Waals surface area contributed by atoms with E-state index in [0.717, 1.165) is 29.7 Å². The highest BCUT2D eigenvalue weighted by atomic mass is 19.3. The van der Waals surface area contributed by atoms with E-state index in [9.17, 15) is 27.5 Å². The summed E-state index contributed by atoms with van der Waals surface area (Å²) in [7, 11) is 0. The van der Waals surface area contributed by atoms with E-state index >= 15 is 0 Å². The lowest BCUT2D eigenvalue weighted by atomic mass is 9.88. The molecule has 2 aromatic carbocycles. The van der Waals surface area contributed by atoms with Crippen LogP contribution < -0.4 is 14.8 Å². The largest absolute Gasteiger partial charge is 0.492 e. The number of amides is 1. The number of carbonyl (C=O) groups is 1. The number of aliphatic hydroxyl groups excluding tert-OH is 1. The van der Waals surface area contributed by atoms with Crippen LogP contribution in [0.15, 0.2) is 42.5 Å². The van der Waals surface area contributed by atoms with Gasteiger partial charge >= 0.3 is 12.5 Å². The number of aryl methyl sites for hydroxylation is 1. The van der Waals surface area contributed by atoms with Crippen molar-refractivity contribution in [2.75, 3.05) is 11.9 Å². The van der Waals surface area contributed by atoms with Crippen molar-refractivity contribution < 1.29 is 36.9 Å². The number of hydrogen-bond acceptors (Lipinski definition) is 4. The number of ether oxygens (including phenoxy) is 2. The predicted octanol–water partition coefficient (Wildman–Crippen LogP) is 4.58. The summed E-state index contributed by atoms with van der Waals surface area (Å²) in [5, 5.41) is 12.8. The second-order valence-electron chi connectivity index (χ2n) is 7.72. The Morgan fingerprint density at radius 3 is 2.84 bits per heavy atom. The molecule has 1 amide bonds. The minimum Gasteiger partial charge on any atom is -0.492 e. The van der Waals surface area contributed by atoms with Crippen molar-refractivity contribution >= 4 is 17.2 Å². The SMILES string of the molecule is O=C(/C=C1\CCOc2cc(OC(F)(F)C(F)F)ccc21)Nc1cccc2c1CC(O)CC2. The molecule has 2 aliphatic rings. The lowest BCUT2D eigenvalue weighted by Gasteiger charge is -2.24. The summed E-state index contributed by atoms with van der Waals surface area (Å²) in [5.74, 6) is -0.682. The number of halogens is 4. The highest BCUT2D eigenvalue weighted by Gasteiger charge is 2.44. The fraction of sp³-hybridized carbons (Fsp3) is 0.348. The Balaban J connectivity index is 1.53. The van der Waals surface area contributed by atoms with Gasteiger partial charge in [-0.1, -0.05) is 12.1 Å². The maximum Gasteiger partial charge on any atom is 0.461 e. The molecule has 2 aromatic rings. The highest BCUT2D eigenvalue weighted by molar-refractivity contribution is 6.05. The second-order valence-corrected chi connectivity index (χ2v) is 7.72. The van der Waals surface area contributed by atoms with Crippen molar-refractivity contribution in [3.63, 3.8) is 0 Å². The summed E-state index contributed by atoms with van der Waals surface area (Å²) >= 11 is 0. The van der Waals surface area contributed by atoms with Crippen molar-refractivity contribution in [2.45, 2.75) is 44.3 Å². The van der Waals surface area contributed by atoms with Crippen LogP contribution in [-0.4, -0.2) is 36.3 Å². The summed E-state index contributed by atoms with van der Waals surface area (Å²) < 4.78 is 60.6. The van der Waals surface area contributed by atoms with Gasteiger partial charge in [-0.05, 0) is 47.7 Å². The van der Waals surface area contributed by atoms with Gasteiger partial charge in [-0.25, -0.2) is 0 Å². The molecule has 170 valence electrons. The summed E-state index contributed by atoms with van der Waals surface area (Å²) in [6, 6.07) is 9.22. The Morgan fingerprint density at radius 1 is 1.25 bits per heavy atom. The van der Waals surface area contributed by atoms with E-state index < -0.39 is 24.4 Å². The Labute approximate surface area is 181 Å². The first-order valence-corrected chi connectivity index (χ1v) is 10.2. The van der Waals surface area contributed by atoms with Crippen LogP contribution in [0.2, 0.25) is 0 Å². The van der Waals surface area contributed by atoms with Gasteiger partial charge in [0, 0.05) is 36.2 Å². The van der Waals surface area contributed by atoms with E-state index in [1.807, 2.05) is 12.1 Å². The van der Waals surface area contributed by atoms with Gasteiger partial charge in [0.1, 0.15) is 11.5 Å². The first-order valence-electron chi connectivity index (χ1n) is 10.2. The topological polar surface area (TPSA) is 67.8 Å². The van der Waals surface area contributed by atoms with Gasteiger partial charge in [-0.15, -0.1) is 0 Å². The number of aliphatic hydroxyl groups is 1. The number of rotatable bonds is 5. The minimum absolute atomic E-state index is 0.165. The van der Waals surface area contributed by atoms with Gasteiger partial charge in [0.15, 0.2) is 0 Å². The molecule has 1 aliphatic carbocycles. The first kappa shape index (κ1) is 22.1. The third-order valence-corrected chi connectivity index (χ3v) is 5.46. The number of nitrogens with one attached hydrogen (secondary N) is 1. The first-order chi connectivity index (χ1) is 15.2. The fourth-order valence-corrected chi connectivity index (χ4v) is 3.92. The molecule has 32 heavy (non-hydrogen) atoms. The van der Waals surface area contributed by atoms with E-state index in [1.165, 1.54) is 12.1 Å². The maximum atomic E-state index is 13.2. The average Bonchev–Trinajstić information content (AvgIpc) is 2.74. The Bertz CT molecular complexity index is 1050. The number of fused-ring (bicyclic) bond motifs is 2. The Kier molecular flexibility index (Phi) is 6.10. The molecule has 0 saturated carbocycles. The smallest absolute Gasteiger partial charge is 0.461 e. The minimum atomic E-state index is -4.62. The average molecular weight is 451 g/mol. The quantitative estimate of drug-likeness (QED) is 0.516. The van der Waals surface area contributed by atoms with Crippen molar-refractivity contribution in [1.82, 2.24) is 0 Å². The lowest BCUT2D eigenvalue weighted by Crippen LogP contribution is -2.33. The van der Waals surface area contributed by atoms with Gasteiger partial charge in [-0.3, -0.25) is 4.79 Å². The summed E-state index contributed by atoms with van der Waals surface area (Å²) in [6.07, 6.45) is -5.36. The van der Waals surface area contributed by atoms with Crippen LogP contribution in [-0.2, 0) is 17.6 Å². The Morgan fingerprint density at radius 2 is 2.06 bits per heavy atom. The number of benzene rings is 2. The van der Waals surface area contributed by atoms with Gasteiger partial charge in [0.25, 0.3) is 0 Å². The van der Waals surface area contributed by atoms with Gasteiger partial charge in [0.2, 0.25) is 5.91 Å². The standard InChI is InChI=1S/C23H21F4NO4/c24-22(25)23(26,27)32-16-6-7-17-14(8-9-31-20(17)12-16)10-21(30)28-19-3-1-2-13-4-5-15(29)11-18(13)19/h1-3,6-7,10,12,15,22,29H,4-5,8-9,11H2,(H,28,30)/b14-10+. The number of carbonyl (C=O) groups excluding carboxylic acids is 1. The second kappa shape index (κ2) is 8.82. The molecular weight excluding hydrogens is 430 g/mol. The molecule has 4 rings (SSSR count). The fourth-order valence-electron chi connectivity index (χ4n) is 3.92. The zero-order valence-corrected chi connectivity index (χ0v) is 16.9. The summed E-state index contributed by atoms with van der Waals surface area (Å²) in [5.41, 5.74) is 3.73. The molecule has 0 aromatic heterocycles. The third kappa shape index (κ3) is 4.72. The maximum absolute atomic E-state index is 13.2. The van der Waals surface area contributed by atoms with Crippen molar-refractivity contribution in [3.8, 4) is 11.5 Å². The van der Waals surface area contributed by atoms with E-state index in [1.54, 1.807) is 6.07 Å². The van der Waals surface area contributed by atoms with Gasteiger partial charge in [0.05, 0.1) is 12.7 Å². The molecule has 2 N–H and O–H groups in total. The molecule has 0 saturated heterocycles. The molecule has 0 bridgehead atoms. The zero-order valence-electron chi connectivity index (χ0n) is 16.9. The van der Waals surface area contributed by atoms with Gasteiger partial charge in [-0.2, -0.15) is 17.6 Å². The van der Waals surface area contributed by atoms with Crippen LogP contribution in [0.3, 0.4) is 0 Å². The molecule has 0 radical (unpaired) electrons. The summed E-state index contributed by atoms with van der Waals surface area (Å²) in [6.45, 7) is 0.188. The lowest BCUT2D eigenvalue weighted by molar-refractivity contribution is -0.253. The van der Waals surface area contributed by atoms with Gasteiger partial charge < -0.3 is 19.9 Å². The third-order valence-electron chi connectivity index (χ3n) is 5.46. The highest BCUT2D eigenvalue weighted by Crippen LogP contribution is 2.38. The molecule has 1 heterocycles. The molecule has 5 nitrogen and oxygen atoms in total. The monoisotopic (exact) mass is 451 g/mol. The van der Waals surface area contributed by atoms with Crippen LogP contribution >= 0.6 is 0 Å². The van der Waals surface area contributed by atoms with Crippen LogP contribution in [0.25, 0.3) is 5.57 Å². The van der Waals surface area contributed by atoms with Crippen LogP contribution in [0.1, 0.15) is 29.5 Å². The predicted molar refractivity (Wildman–Crippen MR) is 109 cm³/mol. The van der Waals surface area contributed by atoms with E-state index in [2.05, 4.69) is 10.1 Å². The summed E-state index contributed by atoms with van der Waals surface area (Å²) in [4.78, 5) is 12.7. The van der Waals surface area contributed by atoms with Crippen LogP contribution in [0, 0.1) is 0 Å². The Hall–Kier alpha value is -3.07. The number of alkyl halides is 4. The van der Waals surface area contributed by atoms with Crippen LogP contribution in [0.4, 0.5) is 23.2 Å². The van der Waals surface area contributed by atoms with Crippen molar-refractivity contribution in [1.29, 1.82) is 0 Å². The van der Waals surface area contributed by atoms with E-state index in [0.29, 0.717) is 36.1 Å². The molecular formula is C23H21F4NO4. The number of anilines is 1. The normalized spacial score (nSPS) is 19.2. The molecule has 1 aliphatic heterocycles. The van der Waals surface area contributed by atoms with Crippen LogP contribution in [0.5, 0.6) is 11.5 Å². The van der Waals surface area contributed by atoms with Crippen molar-refractivity contribution in [3.05, 3.63) is 59.2 Å². The number of hydrogen-bond donors (Lipinski definition) is 2. The van der Waals surface area contributed by atoms with E-state index in [4.69, 9.17) is 4.74 Å². The molecule has 0 fully saturated rings.